The number of nitrogens with zero attached hydrogens (tertiary/aromatic N) is 4. The van der Waals surface area contributed by atoms with E-state index >= 15 is 0 Å². The summed E-state index contributed by atoms with van der Waals surface area (Å²) < 4.78 is 41.9. The second-order valence-corrected chi connectivity index (χ2v) is 17.9. The van der Waals surface area contributed by atoms with E-state index in [9.17, 15) is 13.6 Å². The third-order valence-corrected chi connectivity index (χ3v) is 9.48. The SMILES string of the molecule is C[C@H]1CC[C@@H](Nc2ncnc3c2c([C@H]2CC2(F)F)cn3COCC[Si](C)(C)C)CN1C(=O)OCc1ccccc1. The molecule has 1 N–H and O–H groups in total. The van der Waals surface area contributed by atoms with Crippen LogP contribution in [0.4, 0.5) is 19.4 Å². The van der Waals surface area contributed by atoms with Gasteiger partial charge in [0.25, 0.3) is 5.92 Å². The predicted molar refractivity (Wildman–Crippen MR) is 153 cm³/mol. The minimum absolute atomic E-state index is 0.0295. The monoisotopic (exact) mass is 571 g/mol. The van der Waals surface area contributed by atoms with E-state index in [1.807, 2.05) is 41.8 Å². The Kier molecular flexibility index (Phi) is 8.14. The van der Waals surface area contributed by atoms with Crippen molar-refractivity contribution in [2.75, 3.05) is 18.5 Å². The average molecular weight is 572 g/mol. The standard InChI is InChI=1S/C29H39F2N5O3Si/c1-20-10-11-22(15-36(20)28(37)39-17-21-8-6-5-7-9-21)34-26-25-23(24-14-29(24,30)31)16-35(27(25)33-18-32-26)19-38-12-13-40(2,3)4/h5-9,16,18,20,22,24H,10-15,17,19H2,1-4H3,(H,32,33,34)/t20-,22+,24+/m0/s1. The van der Waals surface area contributed by atoms with Crippen molar-refractivity contribution >= 4 is 31.0 Å². The van der Waals surface area contributed by atoms with E-state index in [0.717, 1.165) is 24.4 Å². The number of piperidine rings is 1. The molecule has 0 unspecified atom stereocenters. The highest BCUT2D eigenvalue weighted by Crippen LogP contribution is 2.57. The summed E-state index contributed by atoms with van der Waals surface area (Å²) in [6.07, 6.45) is 4.25. The zero-order chi connectivity index (χ0) is 28.5. The van der Waals surface area contributed by atoms with Crippen molar-refractivity contribution in [2.24, 2.45) is 0 Å². The van der Waals surface area contributed by atoms with Crippen LogP contribution in [0.25, 0.3) is 11.0 Å². The maximum absolute atomic E-state index is 14.3. The van der Waals surface area contributed by atoms with Gasteiger partial charge in [-0.3, -0.25) is 0 Å². The van der Waals surface area contributed by atoms with Crippen molar-refractivity contribution in [3.8, 4) is 0 Å². The molecule has 1 saturated heterocycles. The second-order valence-electron chi connectivity index (χ2n) is 12.3. The van der Waals surface area contributed by atoms with Gasteiger partial charge in [0, 0.05) is 45.9 Å². The van der Waals surface area contributed by atoms with Crippen molar-refractivity contribution < 1.29 is 23.0 Å². The number of nitrogens with one attached hydrogen (secondary N) is 1. The highest BCUT2D eigenvalue weighted by Gasteiger charge is 2.58. The topological polar surface area (TPSA) is 81.5 Å². The van der Waals surface area contributed by atoms with Gasteiger partial charge in [-0.25, -0.2) is 23.5 Å². The predicted octanol–water partition coefficient (Wildman–Crippen LogP) is 6.47. The van der Waals surface area contributed by atoms with E-state index in [1.54, 1.807) is 11.1 Å². The van der Waals surface area contributed by atoms with Crippen molar-refractivity contribution in [1.29, 1.82) is 0 Å². The van der Waals surface area contributed by atoms with Crippen LogP contribution in [0.15, 0.2) is 42.9 Å². The number of amides is 1. The fourth-order valence-corrected chi connectivity index (χ4v) is 5.95. The molecular formula is C29H39F2N5O3Si. The molecule has 3 heterocycles. The third-order valence-electron chi connectivity index (χ3n) is 7.77. The zero-order valence-corrected chi connectivity index (χ0v) is 24.7. The van der Waals surface area contributed by atoms with Crippen LogP contribution in [0.3, 0.4) is 0 Å². The summed E-state index contributed by atoms with van der Waals surface area (Å²) in [4.78, 5) is 23.6. The van der Waals surface area contributed by atoms with Crippen LogP contribution in [0.2, 0.25) is 25.7 Å². The molecule has 1 aromatic carbocycles. The van der Waals surface area contributed by atoms with E-state index in [2.05, 4.69) is 34.9 Å². The van der Waals surface area contributed by atoms with Gasteiger partial charge < -0.3 is 24.3 Å². The number of hydrogen-bond acceptors (Lipinski definition) is 6. The largest absolute Gasteiger partial charge is 0.445 e. The number of likely N-dealkylation sites (tertiary alicyclic amines) is 1. The first-order valence-corrected chi connectivity index (χ1v) is 17.8. The molecule has 0 bridgehead atoms. The van der Waals surface area contributed by atoms with Gasteiger partial charge in [-0.05, 0) is 36.9 Å². The highest BCUT2D eigenvalue weighted by atomic mass is 28.3. The Hall–Kier alpha value is -3.05. The summed E-state index contributed by atoms with van der Waals surface area (Å²) in [5, 5.41) is 4.07. The molecule has 0 radical (unpaired) electrons. The lowest BCUT2D eigenvalue weighted by atomic mass is 9.99. The minimum atomic E-state index is -2.73. The fourth-order valence-electron chi connectivity index (χ4n) is 5.19. The van der Waals surface area contributed by atoms with Crippen LogP contribution in [-0.2, 0) is 22.8 Å². The van der Waals surface area contributed by atoms with Gasteiger partial charge in [0.05, 0.1) is 11.3 Å². The van der Waals surface area contributed by atoms with Gasteiger partial charge in [-0.1, -0.05) is 50.0 Å². The zero-order valence-electron chi connectivity index (χ0n) is 23.7. The lowest BCUT2D eigenvalue weighted by Crippen LogP contribution is -2.49. The number of rotatable bonds is 10. The molecule has 2 aliphatic rings. The van der Waals surface area contributed by atoms with Crippen molar-refractivity contribution in [1.82, 2.24) is 19.4 Å². The van der Waals surface area contributed by atoms with Crippen LogP contribution in [0.1, 0.15) is 43.2 Å². The summed E-state index contributed by atoms with van der Waals surface area (Å²) in [5.41, 5.74) is 2.05. The number of anilines is 1. The number of fused-ring (bicyclic) bond motifs is 1. The van der Waals surface area contributed by atoms with Crippen molar-refractivity contribution in [2.45, 2.75) is 89.1 Å². The molecule has 8 nitrogen and oxygen atoms in total. The Balaban J connectivity index is 1.32. The highest BCUT2D eigenvalue weighted by molar-refractivity contribution is 6.76. The first kappa shape index (κ1) is 28.5. The normalized spacial score (nSPS) is 22.4. The van der Waals surface area contributed by atoms with Gasteiger partial charge in [0.15, 0.2) is 0 Å². The van der Waals surface area contributed by atoms with E-state index in [-0.39, 0.29) is 37.9 Å². The Morgan fingerprint density at radius 3 is 2.62 bits per heavy atom. The van der Waals surface area contributed by atoms with Crippen molar-refractivity contribution in [3.63, 3.8) is 0 Å². The molecule has 11 heteroatoms. The first-order valence-electron chi connectivity index (χ1n) is 14.0. The molecule has 1 aliphatic carbocycles. The smallest absolute Gasteiger partial charge is 0.410 e. The minimum Gasteiger partial charge on any atom is -0.445 e. The number of carbonyl (C=O) groups excluding carboxylic acids is 1. The number of hydrogen-bond donors (Lipinski definition) is 1. The summed E-state index contributed by atoms with van der Waals surface area (Å²) in [7, 11) is -1.25. The maximum atomic E-state index is 14.3. The molecule has 3 aromatic rings. The van der Waals surface area contributed by atoms with Crippen LogP contribution < -0.4 is 5.32 Å². The summed E-state index contributed by atoms with van der Waals surface area (Å²) >= 11 is 0. The van der Waals surface area contributed by atoms with Crippen LogP contribution >= 0.6 is 0 Å². The van der Waals surface area contributed by atoms with E-state index in [0.29, 0.717) is 35.6 Å². The number of alkyl halides is 2. The first-order chi connectivity index (χ1) is 19.0. The summed E-state index contributed by atoms with van der Waals surface area (Å²) in [5.74, 6) is -3.08. The maximum Gasteiger partial charge on any atom is 0.410 e. The quantitative estimate of drug-likeness (QED) is 0.222. The van der Waals surface area contributed by atoms with Gasteiger partial charge in [-0.15, -0.1) is 0 Å². The third kappa shape index (κ3) is 6.63. The fraction of sp³-hybridized carbons (Fsp3) is 0.552. The lowest BCUT2D eigenvalue weighted by molar-refractivity contribution is 0.0695. The number of aromatic nitrogens is 3. The Bertz CT molecular complexity index is 1330. The number of benzene rings is 1. The van der Waals surface area contributed by atoms with Gasteiger partial charge in [0.1, 0.15) is 31.1 Å². The number of carbonyl (C=O) groups is 1. The Morgan fingerprint density at radius 1 is 1.18 bits per heavy atom. The molecule has 1 saturated carbocycles. The summed E-state index contributed by atoms with van der Waals surface area (Å²) in [6.45, 7) is 10.4. The molecule has 2 aromatic heterocycles. The van der Waals surface area contributed by atoms with Crippen LogP contribution in [0.5, 0.6) is 0 Å². The molecule has 2 fully saturated rings. The van der Waals surface area contributed by atoms with Gasteiger partial charge >= 0.3 is 6.09 Å². The Labute approximate surface area is 235 Å². The molecular weight excluding hydrogens is 532 g/mol. The summed E-state index contributed by atoms with van der Waals surface area (Å²) in [6, 6.07) is 10.5. The van der Waals surface area contributed by atoms with Crippen molar-refractivity contribution in [3.05, 3.63) is 54.0 Å². The van der Waals surface area contributed by atoms with E-state index in [4.69, 9.17) is 9.47 Å². The number of ether oxygens (including phenoxy) is 2. The molecule has 1 aliphatic heterocycles. The average Bonchev–Trinajstić information content (AvgIpc) is 3.39. The van der Waals surface area contributed by atoms with Gasteiger partial charge in [0.2, 0.25) is 0 Å². The molecule has 0 spiro atoms. The van der Waals surface area contributed by atoms with E-state index in [1.165, 1.54) is 6.33 Å². The van der Waals surface area contributed by atoms with Crippen LogP contribution in [-0.4, -0.2) is 64.8 Å². The molecule has 1 amide bonds. The molecule has 3 atom stereocenters. The van der Waals surface area contributed by atoms with Gasteiger partial charge in [-0.2, -0.15) is 0 Å². The Morgan fingerprint density at radius 2 is 1.93 bits per heavy atom. The number of halogens is 2. The molecule has 40 heavy (non-hydrogen) atoms. The second kappa shape index (κ2) is 11.4. The molecule has 216 valence electrons. The van der Waals surface area contributed by atoms with E-state index < -0.39 is 19.9 Å². The van der Waals surface area contributed by atoms with Crippen LogP contribution in [0, 0.1) is 0 Å². The lowest BCUT2D eigenvalue weighted by Gasteiger charge is -2.37. The molecule has 5 rings (SSSR count).